The lowest BCUT2D eigenvalue weighted by molar-refractivity contribution is -0.130. The smallest absolute Gasteiger partial charge is 0.232 e. The molecule has 2 aliphatic carbocycles. The lowest BCUT2D eigenvalue weighted by atomic mass is 9.64. The SMILES string of the molecule is CC12CCC(C(=O)Nc3nc(Cl)ccc3Cl)(CC1O)C2(C)C. The number of halogens is 2. The minimum absolute atomic E-state index is 0.130. The third-order valence-corrected chi connectivity index (χ3v) is 6.97. The van der Waals surface area contributed by atoms with Crippen molar-refractivity contribution in [2.45, 2.75) is 46.1 Å². The molecule has 2 N–H and O–H groups in total. The number of aliphatic hydroxyl groups excluding tert-OH is 1. The number of pyridine rings is 1. The zero-order valence-corrected chi connectivity index (χ0v) is 14.4. The molecule has 2 aliphatic rings. The monoisotopic (exact) mass is 342 g/mol. The number of hydrogen-bond donors (Lipinski definition) is 2. The predicted octanol–water partition coefficient (Wildman–Crippen LogP) is 3.90. The van der Waals surface area contributed by atoms with E-state index in [4.69, 9.17) is 23.2 Å². The molecule has 3 atom stereocenters. The number of anilines is 1. The predicted molar refractivity (Wildman–Crippen MR) is 87.1 cm³/mol. The van der Waals surface area contributed by atoms with Crippen LogP contribution in [-0.4, -0.2) is 22.1 Å². The van der Waals surface area contributed by atoms with Crippen LogP contribution < -0.4 is 5.32 Å². The second-order valence-corrected chi connectivity index (χ2v) is 8.06. The first-order valence-electron chi connectivity index (χ1n) is 7.46. The Kier molecular flexibility index (Phi) is 3.52. The van der Waals surface area contributed by atoms with E-state index in [1.165, 1.54) is 0 Å². The highest BCUT2D eigenvalue weighted by Gasteiger charge is 2.72. The fraction of sp³-hybridized carbons (Fsp3) is 0.625. The summed E-state index contributed by atoms with van der Waals surface area (Å²) in [5.74, 6) is 0.147. The van der Waals surface area contributed by atoms with E-state index in [2.05, 4.69) is 31.1 Å². The van der Waals surface area contributed by atoms with Crippen LogP contribution in [0.1, 0.15) is 40.0 Å². The maximum absolute atomic E-state index is 13.0. The molecule has 0 radical (unpaired) electrons. The fourth-order valence-electron chi connectivity index (χ4n) is 4.36. The number of aliphatic hydroxyl groups is 1. The van der Waals surface area contributed by atoms with Crippen molar-refractivity contribution < 1.29 is 9.90 Å². The van der Waals surface area contributed by atoms with E-state index in [0.29, 0.717) is 11.4 Å². The second kappa shape index (κ2) is 4.83. The number of carbonyl (C=O) groups excluding carboxylic acids is 1. The van der Waals surface area contributed by atoms with Crippen LogP contribution in [0.4, 0.5) is 5.82 Å². The van der Waals surface area contributed by atoms with Crippen molar-refractivity contribution in [1.82, 2.24) is 4.98 Å². The summed E-state index contributed by atoms with van der Waals surface area (Å²) in [6.07, 6.45) is 1.61. The minimum atomic E-state index is -0.603. The van der Waals surface area contributed by atoms with Gasteiger partial charge in [-0.05, 0) is 42.2 Å². The Hall–Kier alpha value is -0.840. The molecule has 4 nitrogen and oxygen atoms in total. The van der Waals surface area contributed by atoms with Gasteiger partial charge in [-0.15, -0.1) is 0 Å². The van der Waals surface area contributed by atoms with Crippen molar-refractivity contribution in [3.05, 3.63) is 22.3 Å². The van der Waals surface area contributed by atoms with Crippen LogP contribution in [-0.2, 0) is 4.79 Å². The molecule has 3 unspecified atom stereocenters. The summed E-state index contributed by atoms with van der Waals surface area (Å²) in [6, 6.07) is 3.19. The van der Waals surface area contributed by atoms with Gasteiger partial charge in [0.2, 0.25) is 5.91 Å². The van der Waals surface area contributed by atoms with Crippen LogP contribution in [0.25, 0.3) is 0 Å². The van der Waals surface area contributed by atoms with Crippen molar-refractivity contribution in [2.75, 3.05) is 5.32 Å². The number of nitrogens with one attached hydrogen (secondary N) is 1. The van der Waals surface area contributed by atoms with Crippen molar-refractivity contribution in [2.24, 2.45) is 16.2 Å². The molecule has 6 heteroatoms. The van der Waals surface area contributed by atoms with Crippen LogP contribution in [0.5, 0.6) is 0 Å². The number of fused-ring (bicyclic) bond motifs is 2. The molecule has 2 fully saturated rings. The van der Waals surface area contributed by atoms with Gasteiger partial charge in [-0.3, -0.25) is 4.79 Å². The van der Waals surface area contributed by atoms with Crippen LogP contribution in [0.15, 0.2) is 12.1 Å². The molecular formula is C16H20Cl2N2O2. The minimum Gasteiger partial charge on any atom is -0.393 e. The highest BCUT2D eigenvalue weighted by molar-refractivity contribution is 6.34. The van der Waals surface area contributed by atoms with Gasteiger partial charge >= 0.3 is 0 Å². The summed E-state index contributed by atoms with van der Waals surface area (Å²) >= 11 is 12.0. The van der Waals surface area contributed by atoms with Crippen molar-refractivity contribution >= 4 is 34.9 Å². The average molecular weight is 343 g/mol. The molecule has 120 valence electrons. The van der Waals surface area contributed by atoms with Gasteiger partial charge in [0, 0.05) is 0 Å². The summed E-state index contributed by atoms with van der Waals surface area (Å²) in [7, 11) is 0. The molecule has 1 aromatic heterocycles. The number of carbonyl (C=O) groups is 1. The first-order valence-corrected chi connectivity index (χ1v) is 8.21. The van der Waals surface area contributed by atoms with Gasteiger partial charge < -0.3 is 10.4 Å². The quantitative estimate of drug-likeness (QED) is 0.801. The Morgan fingerprint density at radius 2 is 2.00 bits per heavy atom. The van der Waals surface area contributed by atoms with E-state index in [1.807, 2.05) is 0 Å². The largest absolute Gasteiger partial charge is 0.393 e. The van der Waals surface area contributed by atoms with Gasteiger partial charge in [0.15, 0.2) is 5.82 Å². The van der Waals surface area contributed by atoms with Crippen molar-refractivity contribution in [3.8, 4) is 0 Å². The summed E-state index contributed by atoms with van der Waals surface area (Å²) in [5.41, 5.74) is -1.14. The molecule has 0 saturated heterocycles. The van der Waals surface area contributed by atoms with Gasteiger partial charge in [-0.1, -0.05) is 44.0 Å². The van der Waals surface area contributed by atoms with E-state index in [9.17, 15) is 9.90 Å². The number of amides is 1. The second-order valence-electron chi connectivity index (χ2n) is 7.26. The van der Waals surface area contributed by atoms with E-state index in [0.717, 1.165) is 12.8 Å². The molecule has 1 heterocycles. The molecule has 0 aromatic carbocycles. The molecular weight excluding hydrogens is 323 g/mol. The standard InChI is InChI=1S/C16H20Cl2N2O2/c1-14(2)15(3)6-7-16(14,8-10(15)21)13(22)20-12-9(17)4-5-11(18)19-12/h4-5,10,21H,6-8H2,1-3H3,(H,19,20,22). The molecule has 1 aromatic rings. The molecule has 1 amide bonds. The molecule has 22 heavy (non-hydrogen) atoms. The maximum atomic E-state index is 13.0. The Morgan fingerprint density at radius 3 is 2.55 bits per heavy atom. The molecule has 2 saturated carbocycles. The Labute approximate surface area is 140 Å². The number of aromatic nitrogens is 1. The van der Waals surface area contributed by atoms with E-state index in [-0.39, 0.29) is 27.7 Å². The zero-order chi connectivity index (χ0) is 16.3. The van der Waals surface area contributed by atoms with Crippen LogP contribution in [0, 0.1) is 16.2 Å². The molecule has 3 rings (SSSR count). The van der Waals surface area contributed by atoms with Gasteiger partial charge in [0.1, 0.15) is 5.15 Å². The first kappa shape index (κ1) is 16.0. The van der Waals surface area contributed by atoms with Crippen molar-refractivity contribution in [3.63, 3.8) is 0 Å². The molecule has 2 bridgehead atoms. The summed E-state index contributed by atoms with van der Waals surface area (Å²) in [6.45, 7) is 6.22. The van der Waals surface area contributed by atoms with Gasteiger partial charge in [0.05, 0.1) is 16.5 Å². The Morgan fingerprint density at radius 1 is 1.32 bits per heavy atom. The van der Waals surface area contributed by atoms with Crippen LogP contribution >= 0.6 is 23.2 Å². The highest BCUT2D eigenvalue weighted by atomic mass is 35.5. The number of rotatable bonds is 2. The lowest BCUT2D eigenvalue weighted by Crippen LogP contribution is -2.43. The summed E-state index contributed by atoms with van der Waals surface area (Å²) in [5, 5.41) is 13.9. The topological polar surface area (TPSA) is 62.2 Å². The Balaban J connectivity index is 1.94. The van der Waals surface area contributed by atoms with E-state index in [1.54, 1.807) is 12.1 Å². The number of hydrogen-bond acceptors (Lipinski definition) is 3. The summed E-state index contributed by atoms with van der Waals surface area (Å²) in [4.78, 5) is 17.1. The Bertz CT molecular complexity index is 649. The van der Waals surface area contributed by atoms with Gasteiger partial charge in [-0.25, -0.2) is 4.98 Å². The maximum Gasteiger partial charge on any atom is 0.232 e. The number of nitrogens with zero attached hydrogens (tertiary/aromatic N) is 1. The van der Waals surface area contributed by atoms with Crippen LogP contribution in [0.2, 0.25) is 10.2 Å². The highest BCUT2D eigenvalue weighted by Crippen LogP contribution is 2.72. The molecule has 0 aliphatic heterocycles. The molecule has 0 spiro atoms. The first-order chi connectivity index (χ1) is 10.1. The van der Waals surface area contributed by atoms with Crippen molar-refractivity contribution in [1.29, 1.82) is 0 Å². The van der Waals surface area contributed by atoms with Gasteiger partial charge in [0.25, 0.3) is 0 Å². The third-order valence-electron chi connectivity index (χ3n) is 6.45. The lowest BCUT2D eigenvalue weighted by Gasteiger charge is -2.40. The fourth-order valence-corrected chi connectivity index (χ4v) is 4.66. The normalized spacial score (nSPS) is 35.6. The van der Waals surface area contributed by atoms with E-state index >= 15 is 0 Å². The van der Waals surface area contributed by atoms with E-state index < -0.39 is 11.5 Å². The zero-order valence-electron chi connectivity index (χ0n) is 12.9. The van der Waals surface area contributed by atoms with Gasteiger partial charge in [-0.2, -0.15) is 0 Å². The average Bonchev–Trinajstić information content (AvgIpc) is 2.73. The van der Waals surface area contributed by atoms with Crippen LogP contribution in [0.3, 0.4) is 0 Å². The third kappa shape index (κ3) is 1.87. The summed E-state index contributed by atoms with van der Waals surface area (Å²) < 4.78 is 0.